The minimum absolute atomic E-state index is 0.00968. The van der Waals surface area contributed by atoms with Crippen LogP contribution in [0, 0.1) is 0 Å². The Labute approximate surface area is 178 Å². The van der Waals surface area contributed by atoms with Gasteiger partial charge >= 0.3 is 0 Å². The van der Waals surface area contributed by atoms with E-state index in [-0.39, 0.29) is 24.0 Å². The quantitative estimate of drug-likeness (QED) is 0.625. The fourth-order valence-corrected chi connectivity index (χ4v) is 4.98. The number of hydrogen-bond acceptors (Lipinski definition) is 3. The Hall–Kier alpha value is -2.50. The van der Waals surface area contributed by atoms with Gasteiger partial charge in [0, 0.05) is 33.6 Å². The van der Waals surface area contributed by atoms with Crippen molar-refractivity contribution in [2.45, 2.75) is 37.1 Å². The van der Waals surface area contributed by atoms with Crippen LogP contribution in [0.25, 0.3) is 0 Å². The molecule has 2 aliphatic heterocycles. The molecule has 4 rings (SSSR count). The normalized spacial score (nSPS) is 25.5. The fourth-order valence-electron chi connectivity index (χ4n) is 4.63. The monoisotopic (exact) mass is 430 g/mol. The van der Waals surface area contributed by atoms with Gasteiger partial charge in [-0.05, 0) is 42.3 Å². The first-order chi connectivity index (χ1) is 13.8. The van der Waals surface area contributed by atoms with Crippen molar-refractivity contribution in [3.05, 3.63) is 69.7 Å². The Kier molecular flexibility index (Phi) is 4.83. The Morgan fingerprint density at radius 3 is 2.62 bits per heavy atom. The van der Waals surface area contributed by atoms with E-state index >= 15 is 0 Å². The van der Waals surface area contributed by atoms with Gasteiger partial charge in [0.2, 0.25) is 11.8 Å². The van der Waals surface area contributed by atoms with Gasteiger partial charge in [-0.25, -0.2) is 0 Å². The van der Waals surface area contributed by atoms with Crippen molar-refractivity contribution in [3.63, 3.8) is 0 Å². The molecular formula is C22H20Cl2N2O3. The minimum atomic E-state index is -1.18. The lowest BCUT2D eigenvalue weighted by atomic mass is 9.59. The predicted molar refractivity (Wildman–Crippen MR) is 114 cm³/mol. The van der Waals surface area contributed by atoms with E-state index in [1.54, 1.807) is 30.3 Å². The van der Waals surface area contributed by atoms with Crippen LogP contribution in [-0.2, 0) is 15.0 Å². The van der Waals surface area contributed by atoms with Crippen LogP contribution >= 0.6 is 23.2 Å². The van der Waals surface area contributed by atoms with Crippen LogP contribution in [0.2, 0.25) is 10.0 Å². The van der Waals surface area contributed by atoms with Crippen LogP contribution in [0.15, 0.2) is 48.6 Å². The number of piperidine rings is 1. The highest BCUT2D eigenvalue weighted by molar-refractivity contribution is 6.31. The first kappa shape index (κ1) is 19.8. The molecule has 1 fully saturated rings. The molecule has 150 valence electrons. The first-order valence-electron chi connectivity index (χ1n) is 9.36. The minimum Gasteiger partial charge on any atom is -0.508 e. The van der Waals surface area contributed by atoms with Gasteiger partial charge < -0.3 is 15.7 Å². The van der Waals surface area contributed by atoms with E-state index in [2.05, 4.69) is 17.2 Å². The number of carbonyl (C=O) groups excluding carboxylic acids is 2. The van der Waals surface area contributed by atoms with Crippen LogP contribution in [-0.4, -0.2) is 23.0 Å². The van der Waals surface area contributed by atoms with E-state index in [0.717, 1.165) is 11.1 Å². The summed E-state index contributed by atoms with van der Waals surface area (Å²) in [6.45, 7) is 6.06. The Balaban J connectivity index is 2.04. The summed E-state index contributed by atoms with van der Waals surface area (Å²) in [5, 5.41) is 17.4. The molecule has 2 aromatic rings. The lowest BCUT2D eigenvalue weighted by Crippen LogP contribution is -2.62. The SMILES string of the molecule is C=C(CC)[C@H]1NC(=O)C[C@@H](c2cc(Cl)ccc2O)[C@]12C(=O)Nc1cc(Cl)ccc12. The number of anilines is 1. The highest BCUT2D eigenvalue weighted by Gasteiger charge is 2.61. The van der Waals surface area contributed by atoms with Crippen LogP contribution in [0.5, 0.6) is 5.75 Å². The van der Waals surface area contributed by atoms with E-state index in [1.165, 1.54) is 6.07 Å². The van der Waals surface area contributed by atoms with Gasteiger partial charge in [0.15, 0.2) is 0 Å². The van der Waals surface area contributed by atoms with Gasteiger partial charge in [0.25, 0.3) is 0 Å². The van der Waals surface area contributed by atoms with E-state index in [9.17, 15) is 14.7 Å². The van der Waals surface area contributed by atoms with Gasteiger partial charge in [-0.15, -0.1) is 0 Å². The molecule has 0 radical (unpaired) electrons. The molecule has 1 spiro atoms. The van der Waals surface area contributed by atoms with Gasteiger partial charge in [-0.2, -0.15) is 0 Å². The smallest absolute Gasteiger partial charge is 0.238 e. The lowest BCUT2D eigenvalue weighted by Gasteiger charge is -2.47. The number of aromatic hydroxyl groups is 1. The number of amides is 2. The number of phenols is 1. The number of carbonyl (C=O) groups is 2. The second-order valence-electron chi connectivity index (χ2n) is 7.49. The van der Waals surface area contributed by atoms with Crippen LogP contribution in [0.3, 0.4) is 0 Å². The molecular weight excluding hydrogens is 411 g/mol. The van der Waals surface area contributed by atoms with Gasteiger partial charge in [-0.1, -0.05) is 48.3 Å². The molecule has 0 aliphatic carbocycles. The summed E-state index contributed by atoms with van der Waals surface area (Å²) in [5.41, 5.74) is 1.32. The van der Waals surface area contributed by atoms with E-state index in [0.29, 0.717) is 27.7 Å². The second-order valence-corrected chi connectivity index (χ2v) is 8.36. The number of nitrogens with one attached hydrogen (secondary N) is 2. The molecule has 0 aromatic heterocycles. The zero-order valence-electron chi connectivity index (χ0n) is 15.8. The van der Waals surface area contributed by atoms with Crippen LogP contribution < -0.4 is 10.6 Å². The second kappa shape index (κ2) is 7.08. The van der Waals surface area contributed by atoms with Crippen molar-refractivity contribution in [2.75, 3.05) is 5.32 Å². The first-order valence-corrected chi connectivity index (χ1v) is 10.1. The molecule has 3 atom stereocenters. The summed E-state index contributed by atoms with van der Waals surface area (Å²) in [4.78, 5) is 26.2. The highest BCUT2D eigenvalue weighted by atomic mass is 35.5. The van der Waals surface area contributed by atoms with Gasteiger partial charge in [-0.3, -0.25) is 9.59 Å². The van der Waals surface area contributed by atoms with Crippen molar-refractivity contribution in [1.82, 2.24) is 5.32 Å². The van der Waals surface area contributed by atoms with Crippen molar-refractivity contribution < 1.29 is 14.7 Å². The average molecular weight is 431 g/mol. The van der Waals surface area contributed by atoms with E-state index in [4.69, 9.17) is 23.2 Å². The predicted octanol–water partition coefficient (Wildman–Crippen LogP) is 4.53. The van der Waals surface area contributed by atoms with E-state index < -0.39 is 17.4 Å². The number of benzene rings is 2. The van der Waals surface area contributed by atoms with E-state index in [1.807, 2.05) is 6.92 Å². The maximum atomic E-state index is 13.6. The molecule has 0 saturated carbocycles. The van der Waals surface area contributed by atoms with Crippen molar-refractivity contribution >= 4 is 40.7 Å². The molecule has 0 bridgehead atoms. The molecule has 2 aromatic carbocycles. The van der Waals surface area contributed by atoms with Crippen LogP contribution in [0.1, 0.15) is 36.8 Å². The zero-order valence-corrected chi connectivity index (χ0v) is 17.3. The average Bonchev–Trinajstić information content (AvgIpc) is 2.96. The summed E-state index contributed by atoms with van der Waals surface area (Å²) in [6, 6.07) is 9.25. The number of fused-ring (bicyclic) bond motifs is 2. The standard InChI is InChI=1S/C22H20Cl2N2O3/c1-3-11(2)20-22(15-6-4-13(24)9-17(15)25-21(22)29)16(10-19(28)26-20)14-8-12(23)5-7-18(14)27/h4-9,16,20,27H,2-3,10H2,1H3,(H,25,29)(H,26,28)/t16-,20+,22-/m0/s1. The molecule has 7 heteroatoms. The van der Waals surface area contributed by atoms with Crippen molar-refractivity contribution in [3.8, 4) is 5.75 Å². The lowest BCUT2D eigenvalue weighted by molar-refractivity contribution is -0.130. The summed E-state index contributed by atoms with van der Waals surface area (Å²) in [7, 11) is 0. The maximum absolute atomic E-state index is 13.6. The van der Waals surface area contributed by atoms with Crippen molar-refractivity contribution in [1.29, 1.82) is 0 Å². The molecule has 3 N–H and O–H groups in total. The number of rotatable bonds is 3. The molecule has 1 saturated heterocycles. The highest BCUT2D eigenvalue weighted by Crippen LogP contribution is 2.55. The topological polar surface area (TPSA) is 78.4 Å². The Morgan fingerprint density at radius 1 is 1.21 bits per heavy atom. The number of halogens is 2. The molecule has 0 unspecified atom stereocenters. The summed E-state index contributed by atoms with van der Waals surface area (Å²) >= 11 is 12.4. The number of hydrogen-bond donors (Lipinski definition) is 3. The fraction of sp³-hybridized carbons (Fsp3) is 0.273. The van der Waals surface area contributed by atoms with Gasteiger partial charge in [0.1, 0.15) is 11.2 Å². The zero-order chi connectivity index (χ0) is 20.9. The third-order valence-electron chi connectivity index (χ3n) is 5.98. The number of phenolic OH excluding ortho intramolecular Hbond substituents is 1. The van der Waals surface area contributed by atoms with Crippen LogP contribution in [0.4, 0.5) is 5.69 Å². The summed E-state index contributed by atoms with van der Waals surface area (Å²) in [5.74, 6) is -1.12. The molecule has 2 heterocycles. The third kappa shape index (κ3) is 2.92. The third-order valence-corrected chi connectivity index (χ3v) is 6.45. The summed E-state index contributed by atoms with van der Waals surface area (Å²) in [6.07, 6.45) is 0.605. The molecule has 29 heavy (non-hydrogen) atoms. The molecule has 2 aliphatic rings. The summed E-state index contributed by atoms with van der Waals surface area (Å²) < 4.78 is 0. The Morgan fingerprint density at radius 2 is 1.90 bits per heavy atom. The van der Waals surface area contributed by atoms with Gasteiger partial charge in [0.05, 0.1) is 6.04 Å². The molecule has 5 nitrogen and oxygen atoms in total. The Bertz CT molecular complexity index is 1050. The molecule has 2 amide bonds. The van der Waals surface area contributed by atoms with Crippen molar-refractivity contribution in [2.24, 2.45) is 0 Å². The maximum Gasteiger partial charge on any atom is 0.238 e. The largest absolute Gasteiger partial charge is 0.508 e.